The Kier molecular flexibility index (Phi) is 5.51. The van der Waals surface area contributed by atoms with E-state index in [1.54, 1.807) is 16.8 Å². The minimum absolute atomic E-state index is 0. The molecule has 7 heteroatoms. The van der Waals surface area contributed by atoms with E-state index in [0.717, 1.165) is 25.9 Å². The van der Waals surface area contributed by atoms with E-state index in [9.17, 15) is 9.59 Å². The lowest BCUT2D eigenvalue weighted by atomic mass is 10.1. The number of aromatic nitrogens is 2. The van der Waals surface area contributed by atoms with Crippen molar-refractivity contribution in [3.8, 4) is 0 Å². The summed E-state index contributed by atoms with van der Waals surface area (Å²) in [4.78, 5) is 23.9. The van der Waals surface area contributed by atoms with Crippen molar-refractivity contribution in [3.05, 3.63) is 40.7 Å². The molecule has 1 saturated heterocycles. The van der Waals surface area contributed by atoms with Gasteiger partial charge in [-0.15, -0.1) is 12.4 Å². The van der Waals surface area contributed by atoms with Gasteiger partial charge in [-0.25, -0.2) is 0 Å². The quantitative estimate of drug-likeness (QED) is 0.871. The maximum atomic E-state index is 12.1. The van der Waals surface area contributed by atoms with Gasteiger partial charge in [0.25, 0.3) is 0 Å². The Labute approximate surface area is 134 Å². The fourth-order valence-electron chi connectivity index (χ4n) is 2.67. The average molecular weight is 323 g/mol. The van der Waals surface area contributed by atoms with Crippen LogP contribution in [0.1, 0.15) is 12.8 Å². The van der Waals surface area contributed by atoms with Gasteiger partial charge in [0, 0.05) is 18.0 Å². The lowest BCUT2D eigenvalue weighted by molar-refractivity contribution is -0.122. The fourth-order valence-corrected chi connectivity index (χ4v) is 2.67. The van der Waals surface area contributed by atoms with Crippen LogP contribution in [0.15, 0.2) is 35.3 Å². The zero-order valence-corrected chi connectivity index (χ0v) is 12.9. The third-order valence-electron chi connectivity index (χ3n) is 3.72. The van der Waals surface area contributed by atoms with Crippen molar-refractivity contribution in [1.29, 1.82) is 0 Å². The van der Waals surface area contributed by atoms with E-state index in [1.165, 1.54) is 6.20 Å². The lowest BCUT2D eigenvalue weighted by Gasteiger charge is -2.24. The highest BCUT2D eigenvalue weighted by Gasteiger charge is 2.16. The summed E-state index contributed by atoms with van der Waals surface area (Å²) in [6.45, 7) is 1.94. The standard InChI is InChI=1S/C15H18N4O2.ClH/c20-14-9-17-19(13-6-2-1-5-12(13)14)10-15(21)18-11-4-3-7-16-8-11;/h1-2,5-6,9,11,16H,3-4,7-8,10H2,(H,18,21);1H/t11-;/m0./s1. The molecule has 0 radical (unpaired) electrons. The molecule has 0 saturated carbocycles. The number of benzene rings is 1. The highest BCUT2D eigenvalue weighted by atomic mass is 35.5. The summed E-state index contributed by atoms with van der Waals surface area (Å²) in [7, 11) is 0. The van der Waals surface area contributed by atoms with Gasteiger partial charge in [0.05, 0.1) is 11.7 Å². The van der Waals surface area contributed by atoms with Crippen LogP contribution in [0, 0.1) is 0 Å². The number of carbonyl (C=O) groups excluding carboxylic acids is 1. The molecule has 0 aliphatic carbocycles. The van der Waals surface area contributed by atoms with Crippen LogP contribution in [0.5, 0.6) is 0 Å². The van der Waals surface area contributed by atoms with Gasteiger partial charge < -0.3 is 10.6 Å². The largest absolute Gasteiger partial charge is 0.350 e. The van der Waals surface area contributed by atoms with Gasteiger partial charge in [-0.1, -0.05) is 12.1 Å². The van der Waals surface area contributed by atoms with Crippen LogP contribution in [0.4, 0.5) is 0 Å². The Balaban J connectivity index is 0.00000176. The number of nitrogens with one attached hydrogen (secondary N) is 2. The molecule has 1 aromatic heterocycles. The number of carbonyl (C=O) groups is 1. The van der Waals surface area contributed by atoms with Gasteiger partial charge in [-0.2, -0.15) is 5.10 Å². The second-order valence-electron chi connectivity index (χ2n) is 5.29. The van der Waals surface area contributed by atoms with Crippen LogP contribution < -0.4 is 16.1 Å². The summed E-state index contributed by atoms with van der Waals surface area (Å²) in [6, 6.07) is 7.37. The highest BCUT2D eigenvalue weighted by molar-refractivity contribution is 5.85. The summed E-state index contributed by atoms with van der Waals surface area (Å²) < 4.78 is 1.57. The molecule has 0 bridgehead atoms. The van der Waals surface area contributed by atoms with Crippen LogP contribution in [-0.4, -0.2) is 34.8 Å². The summed E-state index contributed by atoms with van der Waals surface area (Å²) in [6.07, 6.45) is 3.33. The van der Waals surface area contributed by atoms with E-state index in [2.05, 4.69) is 15.7 Å². The van der Waals surface area contributed by atoms with Gasteiger partial charge in [0.2, 0.25) is 11.3 Å². The first kappa shape index (κ1) is 16.5. The number of para-hydroxylation sites is 1. The number of amides is 1. The Bertz CT molecular complexity index is 710. The molecule has 0 unspecified atom stereocenters. The van der Waals surface area contributed by atoms with E-state index in [0.29, 0.717) is 10.9 Å². The van der Waals surface area contributed by atoms with Crippen molar-refractivity contribution in [2.75, 3.05) is 13.1 Å². The van der Waals surface area contributed by atoms with Gasteiger partial charge >= 0.3 is 0 Å². The second kappa shape index (κ2) is 7.38. The molecule has 2 aromatic rings. The maximum Gasteiger partial charge on any atom is 0.242 e. The number of nitrogens with zero attached hydrogens (tertiary/aromatic N) is 2. The molecule has 2 heterocycles. The number of hydrogen-bond donors (Lipinski definition) is 2. The molecular weight excluding hydrogens is 304 g/mol. The van der Waals surface area contributed by atoms with Crippen LogP contribution in [-0.2, 0) is 11.3 Å². The Hall–Kier alpha value is -1.92. The summed E-state index contributed by atoms with van der Waals surface area (Å²) in [5.74, 6) is -0.0787. The zero-order valence-electron chi connectivity index (χ0n) is 12.1. The molecule has 1 aliphatic rings. The lowest BCUT2D eigenvalue weighted by Crippen LogP contribution is -2.46. The molecule has 1 atom stereocenters. The highest BCUT2D eigenvalue weighted by Crippen LogP contribution is 2.08. The third-order valence-corrected chi connectivity index (χ3v) is 3.72. The van der Waals surface area contributed by atoms with E-state index >= 15 is 0 Å². The smallest absolute Gasteiger partial charge is 0.242 e. The van der Waals surface area contributed by atoms with Gasteiger partial charge in [0.15, 0.2) is 0 Å². The first-order valence-corrected chi connectivity index (χ1v) is 7.19. The predicted octanol–water partition coefficient (Wildman–Crippen LogP) is 0.686. The minimum Gasteiger partial charge on any atom is -0.350 e. The number of hydrogen-bond acceptors (Lipinski definition) is 4. The predicted molar refractivity (Wildman–Crippen MR) is 87.3 cm³/mol. The van der Waals surface area contributed by atoms with Gasteiger partial charge in [-0.05, 0) is 31.5 Å². The molecule has 6 nitrogen and oxygen atoms in total. The van der Waals surface area contributed by atoms with Crippen LogP contribution in [0.3, 0.4) is 0 Å². The SMILES string of the molecule is Cl.O=C(Cn1ncc(=O)c2ccccc21)N[C@H]1CCCNC1. The van der Waals surface area contributed by atoms with Crippen LogP contribution in [0.2, 0.25) is 0 Å². The minimum atomic E-state index is -0.126. The number of fused-ring (bicyclic) bond motifs is 1. The second-order valence-corrected chi connectivity index (χ2v) is 5.29. The van der Waals surface area contributed by atoms with E-state index in [4.69, 9.17) is 0 Å². The first-order valence-electron chi connectivity index (χ1n) is 7.19. The molecule has 1 amide bonds. The van der Waals surface area contributed by atoms with Gasteiger partial charge in [-0.3, -0.25) is 14.3 Å². The molecule has 0 spiro atoms. The maximum absolute atomic E-state index is 12.1. The fraction of sp³-hybridized carbons (Fsp3) is 0.400. The molecular formula is C15H19ClN4O2. The van der Waals surface area contributed by atoms with Crippen molar-refractivity contribution >= 4 is 29.2 Å². The van der Waals surface area contributed by atoms with Crippen molar-refractivity contribution in [2.24, 2.45) is 0 Å². The summed E-state index contributed by atoms with van der Waals surface area (Å²) >= 11 is 0. The Morgan fingerprint density at radius 3 is 3.00 bits per heavy atom. The van der Waals surface area contributed by atoms with Crippen molar-refractivity contribution < 1.29 is 4.79 Å². The third kappa shape index (κ3) is 3.64. The normalized spacial score (nSPS) is 17.7. The van der Waals surface area contributed by atoms with Crippen molar-refractivity contribution in [2.45, 2.75) is 25.4 Å². The topological polar surface area (TPSA) is 76.0 Å². The molecule has 1 aliphatic heterocycles. The zero-order chi connectivity index (χ0) is 14.7. The molecule has 1 fully saturated rings. The van der Waals surface area contributed by atoms with Gasteiger partial charge in [0.1, 0.15) is 6.54 Å². The Morgan fingerprint density at radius 1 is 1.41 bits per heavy atom. The molecule has 1 aromatic carbocycles. The Morgan fingerprint density at radius 2 is 2.23 bits per heavy atom. The molecule has 3 rings (SSSR count). The van der Waals surface area contributed by atoms with Crippen molar-refractivity contribution in [3.63, 3.8) is 0 Å². The molecule has 22 heavy (non-hydrogen) atoms. The van der Waals surface area contributed by atoms with E-state index < -0.39 is 0 Å². The molecule has 118 valence electrons. The summed E-state index contributed by atoms with van der Waals surface area (Å²) in [5.41, 5.74) is 0.556. The number of piperidine rings is 1. The number of halogens is 1. The van der Waals surface area contributed by atoms with Crippen LogP contribution >= 0.6 is 12.4 Å². The number of rotatable bonds is 3. The molecule has 2 N–H and O–H groups in total. The van der Waals surface area contributed by atoms with Crippen LogP contribution in [0.25, 0.3) is 10.9 Å². The average Bonchev–Trinajstić information content (AvgIpc) is 2.51. The summed E-state index contributed by atoms with van der Waals surface area (Å²) in [5, 5.41) is 10.9. The van der Waals surface area contributed by atoms with E-state index in [1.807, 2.05) is 12.1 Å². The van der Waals surface area contributed by atoms with E-state index in [-0.39, 0.29) is 36.3 Å². The van der Waals surface area contributed by atoms with Crippen molar-refractivity contribution in [1.82, 2.24) is 20.4 Å². The monoisotopic (exact) mass is 322 g/mol. The first-order chi connectivity index (χ1) is 10.2.